The summed E-state index contributed by atoms with van der Waals surface area (Å²) in [4.78, 5) is 37.3. The van der Waals surface area contributed by atoms with E-state index < -0.39 is 30.0 Å². The van der Waals surface area contributed by atoms with Crippen LogP contribution in [0.15, 0.2) is 36.5 Å². The van der Waals surface area contributed by atoms with Crippen LogP contribution in [-0.2, 0) is 28.6 Å². The van der Waals surface area contributed by atoms with Crippen molar-refractivity contribution >= 4 is 17.9 Å². The second-order valence-electron chi connectivity index (χ2n) is 13.6. The third-order valence-electron chi connectivity index (χ3n) is 9.08. The van der Waals surface area contributed by atoms with Gasteiger partial charge in [-0.05, 0) is 71.1 Å². The minimum atomic E-state index is -2.87. The minimum Gasteiger partial charge on any atom is -0.448 e. The van der Waals surface area contributed by atoms with E-state index in [0.29, 0.717) is 11.8 Å². The molecule has 0 aromatic heterocycles. The molecule has 0 aliphatic carbocycles. The first kappa shape index (κ1) is 45.5. The molecule has 48 heavy (non-hydrogen) atoms. The van der Waals surface area contributed by atoms with Gasteiger partial charge in [-0.25, -0.2) is 14.4 Å². The van der Waals surface area contributed by atoms with Crippen LogP contribution in [0.4, 0.5) is 0 Å². The van der Waals surface area contributed by atoms with Crippen molar-refractivity contribution in [1.29, 1.82) is 0 Å². The molecule has 0 aromatic rings. The zero-order valence-corrected chi connectivity index (χ0v) is 30.8. The van der Waals surface area contributed by atoms with Gasteiger partial charge in [0.2, 0.25) is 6.10 Å². The maximum atomic E-state index is 12.5. The van der Waals surface area contributed by atoms with Crippen molar-refractivity contribution in [3.8, 4) is 0 Å². The number of hydrogen-bond acceptors (Lipinski definition) is 9. The smallest absolute Gasteiger partial charge is 0.413 e. The Hall–Kier alpha value is -2.49. The van der Waals surface area contributed by atoms with E-state index in [1.165, 1.54) is 85.0 Å². The lowest BCUT2D eigenvalue weighted by atomic mass is 9.72. The highest BCUT2D eigenvalue weighted by molar-refractivity contribution is 5.89. The van der Waals surface area contributed by atoms with Crippen LogP contribution in [-0.4, -0.2) is 58.5 Å². The number of aliphatic hydroxyl groups is 3. The molecule has 0 amide bonds. The van der Waals surface area contributed by atoms with Gasteiger partial charge < -0.3 is 29.5 Å². The molecule has 9 nitrogen and oxygen atoms in total. The summed E-state index contributed by atoms with van der Waals surface area (Å²) in [6.45, 7) is 17.7. The number of carbonyl (C=O) groups is 3. The first-order valence-corrected chi connectivity index (χ1v) is 18.4. The molecule has 0 aliphatic heterocycles. The molecule has 1 atom stereocenters. The SMILES string of the molecule is C=C(C)C(=O)OC(CCCCCCC(CC)(CCCCCCCCO)CCCCCCCCO)C(O)(OC(=O)C(=C)C)OC(=O)C(=C)C. The van der Waals surface area contributed by atoms with E-state index in [0.717, 1.165) is 57.8 Å². The summed E-state index contributed by atoms with van der Waals surface area (Å²) in [6, 6.07) is 0. The Balaban J connectivity index is 5.42. The van der Waals surface area contributed by atoms with Gasteiger partial charge in [0.25, 0.3) is 0 Å². The average molecular weight is 681 g/mol. The Labute approximate surface area is 291 Å². The fourth-order valence-corrected chi connectivity index (χ4v) is 5.86. The Morgan fingerprint density at radius 2 is 0.896 bits per heavy atom. The predicted octanol–water partition coefficient (Wildman–Crippen LogP) is 8.54. The topological polar surface area (TPSA) is 140 Å². The van der Waals surface area contributed by atoms with Crippen molar-refractivity contribution in [3.63, 3.8) is 0 Å². The Kier molecular flexibility index (Phi) is 25.0. The van der Waals surface area contributed by atoms with Crippen LogP contribution in [0.3, 0.4) is 0 Å². The van der Waals surface area contributed by atoms with Gasteiger partial charge in [0.05, 0.1) is 0 Å². The average Bonchev–Trinajstić information content (AvgIpc) is 3.04. The van der Waals surface area contributed by atoms with Gasteiger partial charge >= 0.3 is 23.9 Å². The highest BCUT2D eigenvalue weighted by Crippen LogP contribution is 2.40. The third-order valence-corrected chi connectivity index (χ3v) is 9.08. The lowest BCUT2D eigenvalue weighted by molar-refractivity contribution is -0.359. The first-order chi connectivity index (χ1) is 22.8. The summed E-state index contributed by atoms with van der Waals surface area (Å²) in [5.74, 6) is -5.69. The van der Waals surface area contributed by atoms with Crippen LogP contribution in [0.25, 0.3) is 0 Å². The molecule has 0 aromatic carbocycles. The Bertz CT molecular complexity index is 925. The molecule has 0 radical (unpaired) electrons. The standard InChI is InChI=1S/C39H68O9/c1-8-38(26-20-14-9-11-17-23-29-40,27-21-15-10-12-18-24-30-41)28-22-16-13-19-25-34(46-35(42)31(2)3)39(45,47-36(43)32(4)5)48-37(44)33(6)7/h34,40-41,45H,2,4,6,8-30H2,1,3,5,7H3. The lowest BCUT2D eigenvalue weighted by Crippen LogP contribution is -2.52. The van der Waals surface area contributed by atoms with E-state index in [4.69, 9.17) is 24.4 Å². The monoisotopic (exact) mass is 680 g/mol. The molecule has 278 valence electrons. The molecule has 9 heteroatoms. The minimum absolute atomic E-state index is 0.0346. The quantitative estimate of drug-likeness (QED) is 0.0284. The van der Waals surface area contributed by atoms with Gasteiger partial charge in [-0.3, -0.25) is 0 Å². The number of esters is 3. The number of aliphatic hydroxyl groups excluding tert-OH is 2. The number of rotatable bonds is 31. The molecule has 0 rings (SSSR count). The van der Waals surface area contributed by atoms with Crippen molar-refractivity contribution in [3.05, 3.63) is 36.5 Å². The van der Waals surface area contributed by atoms with Gasteiger partial charge in [-0.15, -0.1) is 0 Å². The second kappa shape index (κ2) is 26.4. The summed E-state index contributed by atoms with van der Waals surface area (Å²) in [6.07, 6.45) is 20.1. The fourth-order valence-electron chi connectivity index (χ4n) is 5.86. The van der Waals surface area contributed by atoms with Gasteiger partial charge in [-0.1, -0.05) is 117 Å². The van der Waals surface area contributed by atoms with E-state index in [-0.39, 0.29) is 36.4 Å². The molecular formula is C39H68O9. The van der Waals surface area contributed by atoms with Crippen LogP contribution in [0.2, 0.25) is 0 Å². The molecule has 3 N–H and O–H groups in total. The Morgan fingerprint density at radius 1 is 0.562 bits per heavy atom. The van der Waals surface area contributed by atoms with E-state index >= 15 is 0 Å². The van der Waals surface area contributed by atoms with Crippen molar-refractivity contribution in [2.24, 2.45) is 5.41 Å². The molecule has 0 spiro atoms. The summed E-state index contributed by atoms with van der Waals surface area (Å²) in [5, 5.41) is 29.4. The van der Waals surface area contributed by atoms with Gasteiger partial charge in [-0.2, -0.15) is 0 Å². The van der Waals surface area contributed by atoms with Gasteiger partial charge in [0.1, 0.15) is 0 Å². The van der Waals surface area contributed by atoms with Crippen molar-refractivity contribution < 1.29 is 43.9 Å². The highest BCUT2D eigenvalue weighted by atomic mass is 16.9. The molecule has 0 bridgehead atoms. The molecule has 1 unspecified atom stereocenters. The summed E-state index contributed by atoms with van der Waals surface area (Å²) in [5.41, 5.74) is 0.301. The molecule has 0 saturated carbocycles. The van der Waals surface area contributed by atoms with Crippen LogP contribution in [0.1, 0.15) is 163 Å². The zero-order valence-electron chi connectivity index (χ0n) is 30.8. The van der Waals surface area contributed by atoms with E-state index in [9.17, 15) is 19.5 Å². The summed E-state index contributed by atoms with van der Waals surface area (Å²) < 4.78 is 15.8. The van der Waals surface area contributed by atoms with E-state index in [2.05, 4.69) is 26.7 Å². The summed E-state index contributed by atoms with van der Waals surface area (Å²) in [7, 11) is 0. The lowest BCUT2D eigenvalue weighted by Gasteiger charge is -2.34. The van der Waals surface area contributed by atoms with Crippen LogP contribution >= 0.6 is 0 Å². The number of hydrogen-bond donors (Lipinski definition) is 3. The Morgan fingerprint density at radius 3 is 1.23 bits per heavy atom. The van der Waals surface area contributed by atoms with Crippen molar-refractivity contribution in [2.75, 3.05) is 13.2 Å². The van der Waals surface area contributed by atoms with Crippen molar-refractivity contribution in [2.45, 2.75) is 175 Å². The second-order valence-corrected chi connectivity index (χ2v) is 13.6. The molecule has 0 aliphatic rings. The summed E-state index contributed by atoms with van der Waals surface area (Å²) >= 11 is 0. The van der Waals surface area contributed by atoms with Crippen LogP contribution < -0.4 is 0 Å². The van der Waals surface area contributed by atoms with E-state index in [1.807, 2.05) is 0 Å². The highest BCUT2D eigenvalue weighted by Gasteiger charge is 2.48. The fraction of sp³-hybridized carbons (Fsp3) is 0.769. The number of carbonyl (C=O) groups excluding carboxylic acids is 3. The maximum Gasteiger partial charge on any atom is 0.413 e. The van der Waals surface area contributed by atoms with Crippen LogP contribution in [0, 0.1) is 5.41 Å². The molecule has 0 fully saturated rings. The maximum absolute atomic E-state index is 12.5. The third kappa shape index (κ3) is 20.1. The number of unbranched alkanes of at least 4 members (excludes halogenated alkanes) is 13. The van der Waals surface area contributed by atoms with Gasteiger partial charge in [0.15, 0.2) is 0 Å². The van der Waals surface area contributed by atoms with E-state index in [1.54, 1.807) is 0 Å². The van der Waals surface area contributed by atoms with Gasteiger partial charge in [0, 0.05) is 29.9 Å². The van der Waals surface area contributed by atoms with Crippen molar-refractivity contribution in [1.82, 2.24) is 0 Å². The largest absolute Gasteiger partial charge is 0.448 e. The number of ether oxygens (including phenoxy) is 3. The molecular weight excluding hydrogens is 612 g/mol. The predicted molar refractivity (Wildman–Crippen MR) is 191 cm³/mol. The molecule has 0 saturated heterocycles. The zero-order chi connectivity index (χ0) is 36.4. The first-order valence-electron chi connectivity index (χ1n) is 18.4. The molecule has 0 heterocycles. The van der Waals surface area contributed by atoms with Crippen LogP contribution in [0.5, 0.6) is 0 Å². The normalized spacial score (nSPS) is 12.3.